The van der Waals surface area contributed by atoms with E-state index in [1.165, 1.54) is 17.8 Å². The van der Waals surface area contributed by atoms with Gasteiger partial charge in [-0.05, 0) is 35.4 Å². The van der Waals surface area contributed by atoms with Crippen molar-refractivity contribution in [2.45, 2.75) is 49.4 Å². The number of carboxylic acids is 2. The number of rotatable bonds is 11. The third-order valence-electron chi connectivity index (χ3n) is 6.05. The Hall–Kier alpha value is -3.77. The Kier molecular flexibility index (Phi) is 9.66. The number of aliphatic hydroxyl groups is 1. The van der Waals surface area contributed by atoms with E-state index in [1.54, 1.807) is 36.5 Å². The molecule has 3 aromatic rings. The van der Waals surface area contributed by atoms with E-state index in [2.05, 4.69) is 10.3 Å². The number of aromatic nitrogens is 1. The molecule has 4 rings (SSSR count). The van der Waals surface area contributed by atoms with Crippen LogP contribution in [0.25, 0.3) is 0 Å². The summed E-state index contributed by atoms with van der Waals surface area (Å²) in [6.45, 7) is -0.0635. The molecule has 1 amide bonds. The zero-order valence-corrected chi connectivity index (χ0v) is 21.7. The van der Waals surface area contributed by atoms with Crippen molar-refractivity contribution in [2.75, 3.05) is 11.1 Å². The molecule has 39 heavy (non-hydrogen) atoms. The lowest BCUT2D eigenvalue weighted by Crippen LogP contribution is -2.31. The number of carbonyl (C=O) groups excluding carboxylic acids is 1. The summed E-state index contributed by atoms with van der Waals surface area (Å²) in [5.74, 6) is -2.04. The molecule has 2 heterocycles. The summed E-state index contributed by atoms with van der Waals surface area (Å²) >= 11 is 1.30. The van der Waals surface area contributed by atoms with Gasteiger partial charge in [0.15, 0.2) is 6.29 Å². The summed E-state index contributed by atoms with van der Waals surface area (Å²) < 4.78 is 12.6. The van der Waals surface area contributed by atoms with Gasteiger partial charge in [-0.1, -0.05) is 36.4 Å². The molecule has 10 nitrogen and oxygen atoms in total. The molecule has 204 valence electrons. The number of pyridine rings is 1. The molecule has 0 aliphatic carbocycles. The first-order valence-corrected chi connectivity index (χ1v) is 13.2. The molecule has 0 radical (unpaired) electrons. The number of thioether (sulfide) groups is 1. The fourth-order valence-electron chi connectivity index (χ4n) is 4.03. The predicted octanol–water partition coefficient (Wildman–Crippen LogP) is 4.41. The van der Waals surface area contributed by atoms with Gasteiger partial charge in [0, 0.05) is 36.0 Å². The number of aromatic carboxylic acids is 1. The molecule has 1 aliphatic heterocycles. The van der Waals surface area contributed by atoms with Gasteiger partial charge in [0.2, 0.25) is 5.91 Å². The van der Waals surface area contributed by atoms with Gasteiger partial charge in [-0.2, -0.15) is 0 Å². The van der Waals surface area contributed by atoms with Crippen molar-refractivity contribution in [3.8, 4) is 0 Å². The molecule has 0 spiro atoms. The molecular weight excluding hydrogens is 524 g/mol. The average Bonchev–Trinajstić information content (AvgIpc) is 2.95. The van der Waals surface area contributed by atoms with E-state index in [4.69, 9.17) is 14.6 Å². The molecule has 1 saturated heterocycles. The second kappa shape index (κ2) is 13.3. The van der Waals surface area contributed by atoms with Crippen LogP contribution in [0.15, 0.2) is 71.9 Å². The van der Waals surface area contributed by atoms with Gasteiger partial charge in [0.1, 0.15) is 5.03 Å². The van der Waals surface area contributed by atoms with Crippen LogP contribution in [0.5, 0.6) is 0 Å². The van der Waals surface area contributed by atoms with E-state index in [0.29, 0.717) is 28.5 Å². The first-order valence-electron chi connectivity index (χ1n) is 12.3. The summed E-state index contributed by atoms with van der Waals surface area (Å²) in [4.78, 5) is 38.5. The SMILES string of the molecule is O=C(O)CCC(=O)Nc1ccc([C@@H]2O[C@H](CSc3ncccc3C(=O)O)C[C@H](c3ccc(CO)cc3)O2)cc1. The van der Waals surface area contributed by atoms with Crippen LogP contribution in [0.3, 0.4) is 0 Å². The van der Waals surface area contributed by atoms with Gasteiger partial charge in [-0.25, -0.2) is 9.78 Å². The lowest BCUT2D eigenvalue weighted by molar-refractivity contribution is -0.245. The van der Waals surface area contributed by atoms with Crippen molar-refractivity contribution in [1.82, 2.24) is 4.98 Å². The third kappa shape index (κ3) is 7.87. The van der Waals surface area contributed by atoms with Crippen molar-refractivity contribution < 1.29 is 39.2 Å². The largest absolute Gasteiger partial charge is 0.481 e. The summed E-state index contributed by atoms with van der Waals surface area (Å²) in [6.07, 6.45) is 0.356. The quantitative estimate of drug-likeness (QED) is 0.251. The maximum absolute atomic E-state index is 12.0. The van der Waals surface area contributed by atoms with Crippen molar-refractivity contribution >= 4 is 35.3 Å². The molecule has 3 atom stereocenters. The first kappa shape index (κ1) is 28.2. The lowest BCUT2D eigenvalue weighted by atomic mass is 10.0. The Morgan fingerprint density at radius 2 is 1.67 bits per heavy atom. The normalized spacial score (nSPS) is 18.8. The minimum absolute atomic E-state index is 0.0635. The maximum atomic E-state index is 12.0. The monoisotopic (exact) mass is 552 g/mol. The fraction of sp³-hybridized carbons (Fsp3) is 0.286. The van der Waals surface area contributed by atoms with Crippen LogP contribution >= 0.6 is 11.8 Å². The van der Waals surface area contributed by atoms with Crippen LogP contribution in [0.4, 0.5) is 5.69 Å². The highest BCUT2D eigenvalue weighted by Crippen LogP contribution is 2.39. The number of nitrogens with one attached hydrogen (secondary N) is 1. The van der Waals surface area contributed by atoms with E-state index < -0.39 is 24.1 Å². The highest BCUT2D eigenvalue weighted by molar-refractivity contribution is 7.99. The number of aliphatic hydroxyl groups excluding tert-OH is 1. The number of anilines is 1. The standard InChI is InChI=1S/C28H28N2O8S/c31-15-17-3-5-18(6-4-17)23-14-21(16-39-26-22(27(35)36)2-1-13-29-26)37-28(38-23)19-7-9-20(10-8-19)30-24(32)11-12-25(33)34/h1-10,13,21,23,28,31H,11-12,14-16H2,(H,30,32)(H,33,34)(H,35,36)/t21-,23+,28+/m0/s1. The maximum Gasteiger partial charge on any atom is 0.338 e. The highest BCUT2D eigenvalue weighted by atomic mass is 32.2. The molecular formula is C28H28N2O8S. The minimum Gasteiger partial charge on any atom is -0.481 e. The predicted molar refractivity (Wildman–Crippen MR) is 142 cm³/mol. The number of hydrogen-bond donors (Lipinski definition) is 4. The summed E-state index contributed by atoms with van der Waals surface area (Å²) in [6, 6.07) is 17.5. The minimum atomic E-state index is -1.05. The number of benzene rings is 2. The number of nitrogens with zero attached hydrogens (tertiary/aromatic N) is 1. The fourth-order valence-corrected chi connectivity index (χ4v) is 5.04. The Balaban J connectivity index is 1.49. The molecule has 0 saturated carbocycles. The van der Waals surface area contributed by atoms with Crippen molar-refractivity contribution in [3.63, 3.8) is 0 Å². The Labute approximate surface area is 229 Å². The van der Waals surface area contributed by atoms with E-state index in [0.717, 1.165) is 11.1 Å². The molecule has 1 fully saturated rings. The second-order valence-electron chi connectivity index (χ2n) is 8.89. The summed E-state index contributed by atoms with van der Waals surface area (Å²) in [5.41, 5.74) is 3.07. The van der Waals surface area contributed by atoms with Crippen LogP contribution in [0.2, 0.25) is 0 Å². The van der Waals surface area contributed by atoms with Crippen LogP contribution in [0.1, 0.15) is 58.7 Å². The van der Waals surface area contributed by atoms with Crippen LogP contribution in [-0.4, -0.2) is 50.0 Å². The number of carbonyl (C=O) groups is 3. The molecule has 4 N–H and O–H groups in total. The molecule has 0 unspecified atom stereocenters. The molecule has 11 heteroatoms. The first-order chi connectivity index (χ1) is 18.8. The van der Waals surface area contributed by atoms with Gasteiger partial charge < -0.3 is 30.1 Å². The van der Waals surface area contributed by atoms with Crippen molar-refractivity contribution in [3.05, 3.63) is 89.1 Å². The van der Waals surface area contributed by atoms with Gasteiger partial charge in [0.25, 0.3) is 0 Å². The Morgan fingerprint density at radius 3 is 2.33 bits per heavy atom. The van der Waals surface area contributed by atoms with Gasteiger partial charge >= 0.3 is 11.9 Å². The smallest absolute Gasteiger partial charge is 0.338 e. The lowest BCUT2D eigenvalue weighted by Gasteiger charge is -2.36. The van der Waals surface area contributed by atoms with E-state index in [1.807, 2.05) is 24.3 Å². The summed E-state index contributed by atoms with van der Waals surface area (Å²) in [5, 5.41) is 30.7. The van der Waals surface area contributed by atoms with Crippen LogP contribution in [0, 0.1) is 0 Å². The highest BCUT2D eigenvalue weighted by Gasteiger charge is 2.32. The summed E-state index contributed by atoms with van der Waals surface area (Å²) in [7, 11) is 0. The second-order valence-corrected chi connectivity index (χ2v) is 9.90. The van der Waals surface area contributed by atoms with E-state index in [9.17, 15) is 24.6 Å². The topological polar surface area (TPSA) is 155 Å². The number of ether oxygens (including phenoxy) is 2. The molecule has 1 aromatic heterocycles. The number of amides is 1. The zero-order chi connectivity index (χ0) is 27.8. The number of aliphatic carboxylic acids is 1. The number of hydrogen-bond acceptors (Lipinski definition) is 8. The molecule has 1 aliphatic rings. The zero-order valence-electron chi connectivity index (χ0n) is 20.9. The Bertz CT molecular complexity index is 1300. The van der Waals surface area contributed by atoms with Gasteiger partial charge in [0.05, 0.1) is 30.8 Å². The van der Waals surface area contributed by atoms with E-state index >= 15 is 0 Å². The van der Waals surface area contributed by atoms with Gasteiger partial charge in [-0.3, -0.25) is 9.59 Å². The number of carboxylic acid groups (broad SMARTS) is 2. The van der Waals surface area contributed by atoms with Crippen LogP contribution in [-0.2, 0) is 25.7 Å². The average molecular weight is 553 g/mol. The third-order valence-corrected chi connectivity index (χ3v) is 7.19. The van der Waals surface area contributed by atoms with Crippen molar-refractivity contribution in [2.24, 2.45) is 0 Å². The van der Waals surface area contributed by atoms with Crippen LogP contribution < -0.4 is 5.32 Å². The molecule has 2 aromatic carbocycles. The van der Waals surface area contributed by atoms with E-state index in [-0.39, 0.29) is 37.2 Å². The molecule has 0 bridgehead atoms. The van der Waals surface area contributed by atoms with Crippen molar-refractivity contribution in [1.29, 1.82) is 0 Å². The Morgan fingerprint density at radius 1 is 0.949 bits per heavy atom. The van der Waals surface area contributed by atoms with Gasteiger partial charge in [-0.15, -0.1) is 11.8 Å².